The van der Waals surface area contributed by atoms with Crippen molar-refractivity contribution in [3.05, 3.63) is 66.1 Å². The second-order valence-corrected chi connectivity index (χ2v) is 6.13. The quantitative estimate of drug-likeness (QED) is 0.589. The van der Waals surface area contributed by atoms with Crippen LogP contribution in [0.1, 0.15) is 31.6 Å². The van der Waals surface area contributed by atoms with Crippen LogP contribution >= 0.6 is 0 Å². The fraction of sp³-hybridized carbons (Fsp3) is 0.300. The van der Waals surface area contributed by atoms with Crippen molar-refractivity contribution in [1.29, 1.82) is 0 Å². The average molecular weight is 341 g/mol. The maximum atomic E-state index is 12.3. The Morgan fingerprint density at radius 3 is 2.56 bits per heavy atom. The van der Waals surface area contributed by atoms with Crippen molar-refractivity contribution in [3.8, 4) is 0 Å². The summed E-state index contributed by atoms with van der Waals surface area (Å²) in [7, 11) is 0. The van der Waals surface area contributed by atoms with E-state index in [4.69, 9.17) is 9.15 Å². The highest BCUT2D eigenvalue weighted by Gasteiger charge is 2.22. The molecule has 2 rings (SSSR count). The van der Waals surface area contributed by atoms with Crippen LogP contribution < -0.4 is 5.32 Å². The fourth-order valence-electron chi connectivity index (χ4n) is 2.28. The van der Waals surface area contributed by atoms with Gasteiger partial charge in [-0.15, -0.1) is 0 Å². The number of nitrogens with one attached hydrogen (secondary N) is 1. The molecule has 0 aliphatic heterocycles. The van der Waals surface area contributed by atoms with E-state index >= 15 is 0 Å². The summed E-state index contributed by atoms with van der Waals surface area (Å²) in [5.74, 6) is 0.0156. The summed E-state index contributed by atoms with van der Waals surface area (Å²) >= 11 is 0. The zero-order valence-corrected chi connectivity index (χ0v) is 14.5. The first kappa shape index (κ1) is 18.5. The summed E-state index contributed by atoms with van der Waals surface area (Å²) in [5.41, 5.74) is 0.906. The van der Waals surface area contributed by atoms with Gasteiger partial charge in [-0.2, -0.15) is 0 Å². The number of carbonyl (C=O) groups is 2. The van der Waals surface area contributed by atoms with Crippen molar-refractivity contribution in [1.82, 2.24) is 5.32 Å². The van der Waals surface area contributed by atoms with Crippen LogP contribution in [0.4, 0.5) is 0 Å². The van der Waals surface area contributed by atoms with E-state index in [2.05, 4.69) is 5.32 Å². The van der Waals surface area contributed by atoms with E-state index in [1.807, 2.05) is 44.2 Å². The monoisotopic (exact) mass is 341 g/mol. The Bertz CT molecular complexity index is 690. The molecule has 0 aliphatic rings. The Hall–Kier alpha value is -2.82. The van der Waals surface area contributed by atoms with E-state index in [0.717, 1.165) is 5.56 Å². The van der Waals surface area contributed by atoms with Gasteiger partial charge in [-0.1, -0.05) is 44.2 Å². The van der Waals surface area contributed by atoms with Gasteiger partial charge in [0.1, 0.15) is 18.4 Å². The number of ether oxygens (including phenoxy) is 1. The average Bonchev–Trinajstić information content (AvgIpc) is 3.11. The molecule has 0 saturated heterocycles. The summed E-state index contributed by atoms with van der Waals surface area (Å²) in [6.45, 7) is 4.16. The SMILES string of the molecule is CC(C)C[C@H](NC(=O)C=Cc1ccco1)C(=O)OCc1ccccc1. The van der Waals surface area contributed by atoms with E-state index in [-0.39, 0.29) is 18.4 Å². The molecule has 0 spiro atoms. The predicted molar refractivity (Wildman–Crippen MR) is 95.4 cm³/mol. The highest BCUT2D eigenvalue weighted by Crippen LogP contribution is 2.09. The Morgan fingerprint density at radius 1 is 1.16 bits per heavy atom. The van der Waals surface area contributed by atoms with Crippen LogP contribution in [-0.4, -0.2) is 17.9 Å². The van der Waals surface area contributed by atoms with Crippen molar-refractivity contribution in [2.75, 3.05) is 0 Å². The van der Waals surface area contributed by atoms with Crippen molar-refractivity contribution in [2.24, 2.45) is 5.92 Å². The zero-order chi connectivity index (χ0) is 18.1. The summed E-state index contributed by atoms with van der Waals surface area (Å²) in [5, 5.41) is 2.70. The van der Waals surface area contributed by atoms with E-state index in [1.54, 1.807) is 18.2 Å². The van der Waals surface area contributed by atoms with Crippen LogP contribution in [0.5, 0.6) is 0 Å². The number of rotatable bonds is 8. The number of hydrogen-bond acceptors (Lipinski definition) is 4. The maximum Gasteiger partial charge on any atom is 0.328 e. The molecule has 25 heavy (non-hydrogen) atoms. The Morgan fingerprint density at radius 2 is 1.92 bits per heavy atom. The van der Waals surface area contributed by atoms with Gasteiger partial charge in [0.05, 0.1) is 6.26 Å². The summed E-state index contributed by atoms with van der Waals surface area (Å²) < 4.78 is 10.5. The highest BCUT2D eigenvalue weighted by atomic mass is 16.5. The third kappa shape index (κ3) is 6.67. The van der Waals surface area contributed by atoms with E-state index < -0.39 is 12.0 Å². The molecule has 0 unspecified atom stereocenters. The van der Waals surface area contributed by atoms with Gasteiger partial charge < -0.3 is 14.5 Å². The standard InChI is InChI=1S/C20H23NO4/c1-15(2)13-18(20(23)25-14-16-7-4-3-5-8-16)21-19(22)11-10-17-9-6-12-24-17/h3-12,15,18H,13-14H2,1-2H3,(H,21,22)/t18-/m0/s1. The van der Waals surface area contributed by atoms with Gasteiger partial charge in [0, 0.05) is 6.08 Å². The smallest absolute Gasteiger partial charge is 0.328 e. The molecule has 1 aromatic heterocycles. The summed E-state index contributed by atoms with van der Waals surface area (Å²) in [6.07, 6.45) is 4.93. The minimum Gasteiger partial charge on any atom is -0.465 e. The molecule has 132 valence electrons. The molecule has 1 aromatic carbocycles. The zero-order valence-electron chi connectivity index (χ0n) is 14.5. The van der Waals surface area contributed by atoms with Crippen LogP contribution in [0.25, 0.3) is 6.08 Å². The van der Waals surface area contributed by atoms with E-state index in [0.29, 0.717) is 12.2 Å². The lowest BCUT2D eigenvalue weighted by Crippen LogP contribution is -2.42. The van der Waals surface area contributed by atoms with Crippen LogP contribution in [0.3, 0.4) is 0 Å². The number of furan rings is 1. The van der Waals surface area contributed by atoms with Gasteiger partial charge in [0.2, 0.25) is 5.91 Å². The lowest BCUT2D eigenvalue weighted by atomic mass is 10.0. The number of benzene rings is 1. The minimum atomic E-state index is -0.683. The van der Waals surface area contributed by atoms with Crippen LogP contribution in [0.15, 0.2) is 59.2 Å². The van der Waals surface area contributed by atoms with E-state index in [1.165, 1.54) is 12.3 Å². The van der Waals surface area contributed by atoms with Crippen molar-refractivity contribution < 1.29 is 18.7 Å². The summed E-state index contributed by atoms with van der Waals surface area (Å²) in [4.78, 5) is 24.4. The molecule has 0 radical (unpaired) electrons. The van der Waals surface area contributed by atoms with Gasteiger partial charge >= 0.3 is 5.97 Å². The normalized spacial score (nSPS) is 12.3. The first-order valence-electron chi connectivity index (χ1n) is 8.27. The molecule has 1 amide bonds. The van der Waals surface area contributed by atoms with Crippen molar-refractivity contribution in [2.45, 2.75) is 32.9 Å². The Labute approximate surface area is 147 Å². The molecular weight excluding hydrogens is 318 g/mol. The number of carbonyl (C=O) groups excluding carboxylic acids is 2. The molecule has 0 bridgehead atoms. The number of esters is 1. The summed E-state index contributed by atoms with van der Waals surface area (Å²) in [6, 6.07) is 12.2. The van der Waals surface area contributed by atoms with Gasteiger partial charge in [0.25, 0.3) is 0 Å². The Balaban J connectivity index is 1.92. The molecule has 0 aliphatic carbocycles. The molecule has 1 N–H and O–H groups in total. The predicted octanol–water partition coefficient (Wildman–Crippen LogP) is 3.57. The fourth-order valence-corrected chi connectivity index (χ4v) is 2.28. The lowest BCUT2D eigenvalue weighted by Gasteiger charge is -2.18. The third-order valence-corrected chi connectivity index (χ3v) is 3.47. The molecule has 0 saturated carbocycles. The van der Waals surface area contributed by atoms with Crippen LogP contribution in [0, 0.1) is 5.92 Å². The molecule has 2 aromatic rings. The molecule has 1 heterocycles. The van der Waals surface area contributed by atoms with Gasteiger partial charge in [0.15, 0.2) is 0 Å². The molecule has 5 heteroatoms. The lowest BCUT2D eigenvalue weighted by molar-refractivity contribution is -0.149. The van der Waals surface area contributed by atoms with Gasteiger partial charge in [-0.05, 0) is 36.1 Å². The maximum absolute atomic E-state index is 12.3. The molecule has 5 nitrogen and oxygen atoms in total. The van der Waals surface area contributed by atoms with E-state index in [9.17, 15) is 9.59 Å². The Kier molecular flexibility index (Phi) is 7.01. The molecule has 1 atom stereocenters. The second-order valence-electron chi connectivity index (χ2n) is 6.13. The first-order chi connectivity index (χ1) is 12.0. The highest BCUT2D eigenvalue weighted by molar-refractivity contribution is 5.94. The first-order valence-corrected chi connectivity index (χ1v) is 8.27. The van der Waals surface area contributed by atoms with Gasteiger partial charge in [-0.25, -0.2) is 4.79 Å². The number of amides is 1. The second kappa shape index (κ2) is 9.47. The van der Waals surface area contributed by atoms with Crippen LogP contribution in [0.2, 0.25) is 0 Å². The topological polar surface area (TPSA) is 68.5 Å². The van der Waals surface area contributed by atoms with Crippen molar-refractivity contribution in [3.63, 3.8) is 0 Å². The number of hydrogen-bond donors (Lipinski definition) is 1. The largest absolute Gasteiger partial charge is 0.465 e. The van der Waals surface area contributed by atoms with Gasteiger partial charge in [-0.3, -0.25) is 4.79 Å². The molecule has 0 fully saturated rings. The minimum absolute atomic E-state index is 0.187. The van der Waals surface area contributed by atoms with Crippen molar-refractivity contribution >= 4 is 18.0 Å². The third-order valence-electron chi connectivity index (χ3n) is 3.47. The van der Waals surface area contributed by atoms with Crippen LogP contribution in [-0.2, 0) is 20.9 Å². The molecular formula is C20H23NO4.